The van der Waals surface area contributed by atoms with Crippen molar-refractivity contribution in [3.05, 3.63) is 77.6 Å². The van der Waals surface area contributed by atoms with Crippen LogP contribution in [0.5, 0.6) is 5.75 Å². The molecule has 1 unspecified atom stereocenters. The molecule has 29 heavy (non-hydrogen) atoms. The number of pyridine rings is 1. The van der Waals surface area contributed by atoms with Crippen LogP contribution in [0.4, 0.5) is 0 Å². The maximum atomic E-state index is 5.50. The molecule has 1 aromatic carbocycles. The zero-order valence-corrected chi connectivity index (χ0v) is 17.4. The van der Waals surface area contributed by atoms with Crippen LogP contribution < -0.4 is 4.74 Å². The molecule has 4 rings (SSSR count). The van der Waals surface area contributed by atoms with E-state index in [-0.39, 0.29) is 0 Å². The summed E-state index contributed by atoms with van der Waals surface area (Å²) in [5.41, 5.74) is 3.49. The summed E-state index contributed by atoms with van der Waals surface area (Å²) in [7, 11) is 1.73. The molecule has 5 nitrogen and oxygen atoms in total. The number of piperidine rings is 1. The van der Waals surface area contributed by atoms with Crippen molar-refractivity contribution in [3.8, 4) is 5.75 Å². The third kappa shape index (κ3) is 4.67. The molecule has 0 saturated carbocycles. The first-order valence-corrected chi connectivity index (χ1v) is 10.6. The molecule has 1 aliphatic rings. The summed E-state index contributed by atoms with van der Waals surface area (Å²) in [5, 5.41) is 0. The van der Waals surface area contributed by atoms with Gasteiger partial charge in [-0.15, -0.1) is 0 Å². The zero-order chi connectivity index (χ0) is 20.1. The number of hydrogen-bond acceptors (Lipinski definition) is 4. The summed E-state index contributed by atoms with van der Waals surface area (Å²) in [4.78, 5) is 12.1. The van der Waals surface area contributed by atoms with E-state index in [2.05, 4.69) is 57.9 Å². The zero-order valence-electron chi connectivity index (χ0n) is 17.4. The molecule has 2 aromatic heterocycles. The number of rotatable bonds is 7. The van der Waals surface area contributed by atoms with Crippen LogP contribution in [0, 0.1) is 0 Å². The number of methoxy groups -OCH3 is 1. The lowest BCUT2D eigenvalue weighted by Gasteiger charge is -2.32. The Morgan fingerprint density at radius 2 is 2.03 bits per heavy atom. The number of likely N-dealkylation sites (tertiary alicyclic amines) is 1. The first-order chi connectivity index (χ1) is 14.3. The summed E-state index contributed by atoms with van der Waals surface area (Å²) < 4.78 is 7.74. The van der Waals surface area contributed by atoms with Gasteiger partial charge in [0.2, 0.25) is 0 Å². The molecule has 0 amide bonds. The molecule has 5 heteroatoms. The van der Waals surface area contributed by atoms with Gasteiger partial charge in [0.1, 0.15) is 11.6 Å². The second-order valence-electron chi connectivity index (χ2n) is 7.75. The first-order valence-electron chi connectivity index (χ1n) is 10.6. The van der Waals surface area contributed by atoms with Gasteiger partial charge in [0, 0.05) is 54.8 Å². The van der Waals surface area contributed by atoms with Crippen LogP contribution in [0.3, 0.4) is 0 Å². The number of para-hydroxylation sites is 1. The van der Waals surface area contributed by atoms with Gasteiger partial charge in [-0.2, -0.15) is 0 Å². The van der Waals surface area contributed by atoms with Gasteiger partial charge in [-0.25, -0.2) is 4.98 Å². The molecule has 0 radical (unpaired) electrons. The monoisotopic (exact) mass is 390 g/mol. The Labute approximate surface area is 173 Å². The number of aryl methyl sites for hydroxylation is 1. The van der Waals surface area contributed by atoms with Gasteiger partial charge in [0.15, 0.2) is 0 Å². The average molecular weight is 391 g/mol. The smallest absolute Gasteiger partial charge is 0.122 e. The summed E-state index contributed by atoms with van der Waals surface area (Å²) >= 11 is 0. The molecule has 1 atom stereocenters. The molecule has 3 heterocycles. The molecule has 0 bridgehead atoms. The van der Waals surface area contributed by atoms with E-state index in [1.165, 1.54) is 24.1 Å². The number of ether oxygens (including phenoxy) is 1. The Kier molecular flexibility index (Phi) is 6.25. The first kappa shape index (κ1) is 19.6. The van der Waals surface area contributed by atoms with E-state index in [1.807, 2.05) is 18.3 Å². The summed E-state index contributed by atoms with van der Waals surface area (Å²) in [6, 6.07) is 14.6. The fraction of sp³-hybridized carbons (Fsp3) is 0.417. The SMILES string of the molecule is CCn1ccnc1CN1CCCC(c2cccc(Cc3ccccc3OC)n2)C1. The van der Waals surface area contributed by atoms with Crippen molar-refractivity contribution in [1.29, 1.82) is 0 Å². The van der Waals surface area contributed by atoms with Gasteiger partial charge in [-0.3, -0.25) is 9.88 Å². The van der Waals surface area contributed by atoms with Crippen LogP contribution >= 0.6 is 0 Å². The molecule has 0 N–H and O–H groups in total. The second-order valence-corrected chi connectivity index (χ2v) is 7.75. The molecular weight excluding hydrogens is 360 g/mol. The van der Waals surface area contributed by atoms with Crippen molar-refractivity contribution >= 4 is 0 Å². The number of aromatic nitrogens is 3. The van der Waals surface area contributed by atoms with Gasteiger partial charge in [-0.05, 0) is 44.5 Å². The molecular formula is C24H30N4O. The highest BCUT2D eigenvalue weighted by Crippen LogP contribution is 2.27. The number of imidazole rings is 1. The summed E-state index contributed by atoms with van der Waals surface area (Å²) in [6.07, 6.45) is 7.17. The number of benzene rings is 1. The Morgan fingerprint density at radius 3 is 2.90 bits per heavy atom. The quantitative estimate of drug-likeness (QED) is 0.604. The third-order valence-electron chi connectivity index (χ3n) is 5.82. The number of hydrogen-bond donors (Lipinski definition) is 0. The van der Waals surface area contributed by atoms with E-state index < -0.39 is 0 Å². The van der Waals surface area contributed by atoms with Gasteiger partial charge < -0.3 is 9.30 Å². The predicted molar refractivity (Wildman–Crippen MR) is 115 cm³/mol. The lowest BCUT2D eigenvalue weighted by Crippen LogP contribution is -2.35. The van der Waals surface area contributed by atoms with Crippen LogP contribution in [0.1, 0.15) is 48.5 Å². The van der Waals surface area contributed by atoms with Crippen LogP contribution in [-0.4, -0.2) is 39.6 Å². The highest BCUT2D eigenvalue weighted by molar-refractivity contribution is 5.36. The van der Waals surface area contributed by atoms with Crippen molar-refractivity contribution in [1.82, 2.24) is 19.4 Å². The lowest BCUT2D eigenvalue weighted by molar-refractivity contribution is 0.192. The van der Waals surface area contributed by atoms with E-state index in [0.29, 0.717) is 5.92 Å². The minimum Gasteiger partial charge on any atom is -0.496 e. The summed E-state index contributed by atoms with van der Waals surface area (Å²) in [5.74, 6) is 2.56. The molecule has 152 valence electrons. The topological polar surface area (TPSA) is 43.2 Å². The fourth-order valence-corrected chi connectivity index (χ4v) is 4.29. The Hall–Kier alpha value is -2.66. The van der Waals surface area contributed by atoms with E-state index in [0.717, 1.165) is 49.9 Å². The van der Waals surface area contributed by atoms with Crippen LogP contribution in [0.25, 0.3) is 0 Å². The predicted octanol–water partition coefficient (Wildman–Crippen LogP) is 4.28. The molecule has 1 aliphatic heterocycles. The maximum Gasteiger partial charge on any atom is 0.122 e. The maximum absolute atomic E-state index is 5.50. The van der Waals surface area contributed by atoms with Crippen molar-refractivity contribution in [3.63, 3.8) is 0 Å². The van der Waals surface area contributed by atoms with Crippen LogP contribution in [0.15, 0.2) is 54.9 Å². The Balaban J connectivity index is 1.46. The lowest BCUT2D eigenvalue weighted by atomic mass is 9.94. The Bertz CT molecular complexity index is 936. The third-order valence-corrected chi connectivity index (χ3v) is 5.82. The van der Waals surface area contributed by atoms with Crippen molar-refractivity contribution in [2.24, 2.45) is 0 Å². The minimum atomic E-state index is 0.478. The highest BCUT2D eigenvalue weighted by Gasteiger charge is 2.23. The van der Waals surface area contributed by atoms with Gasteiger partial charge in [0.25, 0.3) is 0 Å². The molecule has 0 spiro atoms. The van der Waals surface area contributed by atoms with Crippen molar-refractivity contribution in [2.75, 3.05) is 20.2 Å². The normalized spacial score (nSPS) is 17.4. The minimum absolute atomic E-state index is 0.478. The fourth-order valence-electron chi connectivity index (χ4n) is 4.29. The van der Waals surface area contributed by atoms with Gasteiger partial charge in [-0.1, -0.05) is 24.3 Å². The average Bonchev–Trinajstić information content (AvgIpc) is 3.21. The van der Waals surface area contributed by atoms with E-state index in [9.17, 15) is 0 Å². The van der Waals surface area contributed by atoms with Gasteiger partial charge in [0.05, 0.1) is 13.7 Å². The second kappa shape index (κ2) is 9.23. The molecule has 0 aliphatic carbocycles. The summed E-state index contributed by atoms with van der Waals surface area (Å²) in [6.45, 7) is 6.23. The van der Waals surface area contributed by atoms with E-state index >= 15 is 0 Å². The molecule has 3 aromatic rings. The van der Waals surface area contributed by atoms with E-state index in [1.54, 1.807) is 7.11 Å². The standard InChI is InChI=1S/C24H30N4O/c1-3-28-15-13-25-24(28)18-27-14-7-9-20(17-27)22-11-6-10-21(26-22)16-19-8-4-5-12-23(19)29-2/h4-6,8,10-13,15,20H,3,7,9,14,16-18H2,1-2H3. The molecule has 1 saturated heterocycles. The molecule has 1 fully saturated rings. The van der Waals surface area contributed by atoms with E-state index in [4.69, 9.17) is 9.72 Å². The number of nitrogens with zero attached hydrogens (tertiary/aromatic N) is 4. The van der Waals surface area contributed by atoms with Crippen LogP contribution in [-0.2, 0) is 19.5 Å². The largest absolute Gasteiger partial charge is 0.496 e. The van der Waals surface area contributed by atoms with Gasteiger partial charge >= 0.3 is 0 Å². The van der Waals surface area contributed by atoms with Crippen molar-refractivity contribution in [2.45, 2.75) is 45.2 Å². The van der Waals surface area contributed by atoms with Crippen LogP contribution in [0.2, 0.25) is 0 Å². The van der Waals surface area contributed by atoms with Crippen molar-refractivity contribution < 1.29 is 4.74 Å². The highest BCUT2D eigenvalue weighted by atomic mass is 16.5. The Morgan fingerprint density at radius 1 is 1.14 bits per heavy atom.